The molecule has 0 bridgehead atoms. The van der Waals surface area contributed by atoms with E-state index < -0.39 is 0 Å². The lowest BCUT2D eigenvalue weighted by Crippen LogP contribution is -2.45. The van der Waals surface area contributed by atoms with Crippen LogP contribution in [-0.2, 0) is 14.4 Å². The zero-order chi connectivity index (χ0) is 18.0. The van der Waals surface area contributed by atoms with Crippen LogP contribution < -0.4 is 10.2 Å². The molecule has 0 aliphatic carbocycles. The van der Waals surface area contributed by atoms with Gasteiger partial charge < -0.3 is 15.1 Å². The number of carbonyl (C=O) groups is 3. The predicted octanol–water partition coefficient (Wildman–Crippen LogP) is 1.79. The second-order valence-electron chi connectivity index (χ2n) is 6.57. The fourth-order valence-electron chi connectivity index (χ4n) is 3.60. The van der Waals surface area contributed by atoms with E-state index in [1.165, 1.54) is 0 Å². The summed E-state index contributed by atoms with van der Waals surface area (Å²) in [7, 11) is 1.64. The highest BCUT2D eigenvalue weighted by Gasteiger charge is 2.39. The molecule has 1 aromatic carbocycles. The van der Waals surface area contributed by atoms with Gasteiger partial charge in [0.25, 0.3) is 0 Å². The van der Waals surface area contributed by atoms with Crippen LogP contribution in [0.25, 0.3) is 0 Å². The maximum Gasteiger partial charge on any atom is 0.228 e. The van der Waals surface area contributed by atoms with Crippen LogP contribution in [0.5, 0.6) is 0 Å². The minimum Gasteiger partial charge on any atom is -0.359 e. The lowest BCUT2D eigenvalue weighted by atomic mass is 9.94. The van der Waals surface area contributed by atoms with Crippen LogP contribution in [0, 0.1) is 11.8 Å². The number of benzene rings is 1. The van der Waals surface area contributed by atoms with Gasteiger partial charge in [-0.15, -0.1) is 0 Å². The monoisotopic (exact) mass is 407 g/mol. The Kier molecular flexibility index (Phi) is 5.42. The van der Waals surface area contributed by atoms with Crippen molar-refractivity contribution in [3.8, 4) is 0 Å². The average molecular weight is 408 g/mol. The van der Waals surface area contributed by atoms with E-state index in [0.717, 1.165) is 10.2 Å². The van der Waals surface area contributed by atoms with Crippen molar-refractivity contribution in [2.75, 3.05) is 31.6 Å². The van der Waals surface area contributed by atoms with E-state index in [0.29, 0.717) is 32.5 Å². The molecule has 0 spiro atoms. The highest BCUT2D eigenvalue weighted by molar-refractivity contribution is 9.10. The van der Waals surface area contributed by atoms with Crippen LogP contribution >= 0.6 is 15.9 Å². The summed E-state index contributed by atoms with van der Waals surface area (Å²) in [5.74, 6) is -0.279. The number of nitrogens with zero attached hydrogens (tertiary/aromatic N) is 2. The van der Waals surface area contributed by atoms with Crippen LogP contribution in [0.1, 0.15) is 19.3 Å². The Morgan fingerprint density at radius 1 is 1.16 bits per heavy atom. The van der Waals surface area contributed by atoms with Crippen LogP contribution in [0.3, 0.4) is 0 Å². The molecule has 2 saturated heterocycles. The van der Waals surface area contributed by atoms with Crippen LogP contribution in [0.15, 0.2) is 28.7 Å². The lowest BCUT2D eigenvalue weighted by molar-refractivity contribution is -0.139. The molecule has 1 N–H and O–H groups in total. The number of para-hydroxylation sites is 1. The highest BCUT2D eigenvalue weighted by Crippen LogP contribution is 2.32. The molecule has 134 valence electrons. The number of hydrogen-bond donors (Lipinski definition) is 1. The van der Waals surface area contributed by atoms with E-state index in [4.69, 9.17) is 0 Å². The first-order valence-electron chi connectivity index (χ1n) is 8.56. The third-order valence-electron chi connectivity index (χ3n) is 5.04. The van der Waals surface area contributed by atoms with Crippen LogP contribution in [-0.4, -0.2) is 49.3 Å². The fraction of sp³-hybridized carbons (Fsp3) is 0.500. The molecule has 1 aromatic rings. The minimum atomic E-state index is -0.309. The van der Waals surface area contributed by atoms with Gasteiger partial charge in [-0.3, -0.25) is 14.4 Å². The first kappa shape index (κ1) is 17.9. The number of carbonyl (C=O) groups excluding carboxylic acids is 3. The van der Waals surface area contributed by atoms with Gasteiger partial charge in [0, 0.05) is 43.5 Å². The molecular weight excluding hydrogens is 386 g/mol. The molecule has 0 aromatic heterocycles. The van der Waals surface area contributed by atoms with Crippen molar-refractivity contribution < 1.29 is 14.4 Å². The Morgan fingerprint density at radius 2 is 1.84 bits per heavy atom. The molecule has 2 aliphatic heterocycles. The minimum absolute atomic E-state index is 0.0176. The molecule has 3 amide bonds. The number of nitrogens with one attached hydrogen (secondary N) is 1. The van der Waals surface area contributed by atoms with Gasteiger partial charge in [0.1, 0.15) is 0 Å². The van der Waals surface area contributed by atoms with E-state index in [1.807, 2.05) is 24.3 Å². The number of halogens is 1. The van der Waals surface area contributed by atoms with Crippen LogP contribution in [0.4, 0.5) is 5.69 Å². The van der Waals surface area contributed by atoms with Crippen molar-refractivity contribution in [1.82, 2.24) is 10.2 Å². The lowest BCUT2D eigenvalue weighted by Gasteiger charge is -2.32. The Morgan fingerprint density at radius 3 is 2.48 bits per heavy atom. The molecule has 7 heteroatoms. The Hall–Kier alpha value is -1.89. The zero-order valence-electron chi connectivity index (χ0n) is 14.2. The van der Waals surface area contributed by atoms with Gasteiger partial charge in [0.15, 0.2) is 0 Å². The van der Waals surface area contributed by atoms with Crippen molar-refractivity contribution in [2.24, 2.45) is 11.8 Å². The van der Waals surface area contributed by atoms with Gasteiger partial charge in [-0.1, -0.05) is 12.1 Å². The second-order valence-corrected chi connectivity index (χ2v) is 7.42. The zero-order valence-corrected chi connectivity index (χ0v) is 15.8. The smallest absolute Gasteiger partial charge is 0.228 e. The molecule has 6 nitrogen and oxygen atoms in total. The fourth-order valence-corrected chi connectivity index (χ4v) is 4.10. The van der Waals surface area contributed by atoms with Crippen molar-refractivity contribution in [3.63, 3.8) is 0 Å². The van der Waals surface area contributed by atoms with Crippen molar-refractivity contribution in [2.45, 2.75) is 19.3 Å². The summed E-state index contributed by atoms with van der Waals surface area (Å²) in [5.41, 5.74) is 0.807. The third-order valence-corrected chi connectivity index (χ3v) is 5.71. The quantitative estimate of drug-likeness (QED) is 0.829. The van der Waals surface area contributed by atoms with E-state index in [1.54, 1.807) is 16.8 Å². The molecule has 1 atom stereocenters. The topological polar surface area (TPSA) is 69.7 Å². The standard InChI is InChI=1S/C18H22BrN3O3/c1-20-17(24)12-6-8-21(9-7-12)18(25)13-10-16(23)22(11-13)15-5-3-2-4-14(15)19/h2-5,12-13H,6-11H2,1H3,(H,20,24). The van der Waals surface area contributed by atoms with E-state index in [9.17, 15) is 14.4 Å². The van der Waals surface area contributed by atoms with E-state index >= 15 is 0 Å². The first-order chi connectivity index (χ1) is 12.0. The summed E-state index contributed by atoms with van der Waals surface area (Å²) < 4.78 is 0.850. The highest BCUT2D eigenvalue weighted by atomic mass is 79.9. The number of rotatable bonds is 3. The van der Waals surface area contributed by atoms with Crippen molar-refractivity contribution >= 4 is 39.3 Å². The van der Waals surface area contributed by atoms with E-state index in [2.05, 4.69) is 21.2 Å². The SMILES string of the molecule is CNC(=O)C1CCN(C(=O)C2CC(=O)N(c3ccccc3Br)C2)CC1. The van der Waals surface area contributed by atoms with E-state index in [-0.39, 0.29) is 36.0 Å². The maximum absolute atomic E-state index is 12.8. The molecule has 1 unspecified atom stereocenters. The number of anilines is 1. The molecule has 0 saturated carbocycles. The summed E-state index contributed by atoms with van der Waals surface area (Å²) in [4.78, 5) is 40.4. The van der Waals surface area contributed by atoms with Crippen molar-refractivity contribution in [1.29, 1.82) is 0 Å². The molecule has 2 heterocycles. The second kappa shape index (κ2) is 7.56. The van der Waals surface area contributed by atoms with Gasteiger partial charge in [0.2, 0.25) is 17.7 Å². The summed E-state index contributed by atoms with van der Waals surface area (Å²) >= 11 is 3.47. The maximum atomic E-state index is 12.8. The Labute approximate surface area is 155 Å². The third kappa shape index (κ3) is 3.71. The molecule has 3 rings (SSSR count). The van der Waals surface area contributed by atoms with Gasteiger partial charge in [-0.05, 0) is 40.9 Å². The number of piperidine rings is 1. The van der Waals surface area contributed by atoms with Gasteiger partial charge in [-0.2, -0.15) is 0 Å². The average Bonchev–Trinajstić information content (AvgIpc) is 3.02. The number of hydrogen-bond acceptors (Lipinski definition) is 3. The number of likely N-dealkylation sites (tertiary alicyclic amines) is 1. The first-order valence-corrected chi connectivity index (χ1v) is 9.36. The molecule has 0 radical (unpaired) electrons. The molecule has 2 fully saturated rings. The molecule has 2 aliphatic rings. The van der Waals surface area contributed by atoms with Crippen molar-refractivity contribution in [3.05, 3.63) is 28.7 Å². The van der Waals surface area contributed by atoms with Gasteiger partial charge in [0.05, 0.1) is 11.6 Å². The van der Waals surface area contributed by atoms with Gasteiger partial charge >= 0.3 is 0 Å². The van der Waals surface area contributed by atoms with Crippen LogP contribution in [0.2, 0.25) is 0 Å². The summed E-state index contributed by atoms with van der Waals surface area (Å²) in [6.07, 6.45) is 1.61. The summed E-state index contributed by atoms with van der Waals surface area (Å²) in [5, 5.41) is 2.67. The summed E-state index contributed by atoms with van der Waals surface area (Å²) in [6.45, 7) is 1.57. The molecular formula is C18H22BrN3O3. The summed E-state index contributed by atoms with van der Waals surface area (Å²) in [6, 6.07) is 7.55. The Balaban J connectivity index is 1.62. The molecule has 25 heavy (non-hydrogen) atoms. The normalized spacial score (nSPS) is 21.5. The Bertz CT molecular complexity index is 686. The predicted molar refractivity (Wildman–Crippen MR) is 98.0 cm³/mol. The number of amides is 3. The van der Waals surface area contributed by atoms with Gasteiger partial charge in [-0.25, -0.2) is 0 Å². The largest absolute Gasteiger partial charge is 0.359 e.